The highest BCUT2D eigenvalue weighted by molar-refractivity contribution is 9.10. The SMILES string of the molecule is CCOc1ccc([C@H]2CC(=O)NC(SCC(=O)Nc3ccc(Br)cc3C(F)(F)F)=C2C#N)cc1. The average Bonchev–Trinajstić information content (AvgIpc) is 2.78. The quantitative estimate of drug-likeness (QED) is 0.467. The topological polar surface area (TPSA) is 91.2 Å². The zero-order chi connectivity index (χ0) is 24.9. The van der Waals surface area contributed by atoms with E-state index in [-0.39, 0.29) is 38.8 Å². The van der Waals surface area contributed by atoms with Crippen LogP contribution < -0.4 is 15.4 Å². The van der Waals surface area contributed by atoms with E-state index >= 15 is 0 Å². The average molecular weight is 554 g/mol. The number of nitrogens with one attached hydrogen (secondary N) is 2. The number of hydrogen-bond donors (Lipinski definition) is 2. The third-order valence-corrected chi connectivity index (χ3v) is 6.37. The van der Waals surface area contributed by atoms with Crippen molar-refractivity contribution in [3.05, 3.63) is 68.7 Å². The Morgan fingerprint density at radius 1 is 1.29 bits per heavy atom. The molecule has 1 aliphatic rings. The lowest BCUT2D eigenvalue weighted by Crippen LogP contribution is -2.31. The third kappa shape index (κ3) is 6.33. The fourth-order valence-corrected chi connectivity index (χ4v) is 4.60. The van der Waals surface area contributed by atoms with Crippen molar-refractivity contribution < 1.29 is 27.5 Å². The molecule has 2 aromatic carbocycles. The standard InChI is InChI=1S/C23H19BrF3N3O3S/c1-2-33-15-6-3-13(4-7-15)16-10-20(31)30-22(17(16)11-28)34-12-21(32)29-19-8-5-14(24)9-18(19)23(25,26)27/h3-9,16H,2,10,12H2,1H3,(H,29,32)(H,30,31)/t16-/m1/s1. The molecule has 0 bridgehead atoms. The maximum atomic E-state index is 13.3. The molecule has 11 heteroatoms. The smallest absolute Gasteiger partial charge is 0.418 e. The molecule has 2 N–H and O–H groups in total. The first-order valence-corrected chi connectivity index (χ1v) is 11.9. The second kappa shape index (κ2) is 11.0. The van der Waals surface area contributed by atoms with Gasteiger partial charge in [0.1, 0.15) is 5.75 Å². The second-order valence-corrected chi connectivity index (χ2v) is 9.09. The molecular formula is C23H19BrF3N3O3S. The van der Waals surface area contributed by atoms with Crippen molar-refractivity contribution in [2.45, 2.75) is 25.4 Å². The number of carbonyl (C=O) groups excluding carboxylic acids is 2. The van der Waals surface area contributed by atoms with Crippen molar-refractivity contribution in [3.63, 3.8) is 0 Å². The van der Waals surface area contributed by atoms with E-state index in [2.05, 4.69) is 32.6 Å². The molecule has 34 heavy (non-hydrogen) atoms. The number of anilines is 1. The maximum Gasteiger partial charge on any atom is 0.418 e. The lowest BCUT2D eigenvalue weighted by molar-refractivity contribution is -0.137. The van der Waals surface area contributed by atoms with Crippen LogP contribution in [0.2, 0.25) is 0 Å². The Bertz CT molecular complexity index is 1160. The summed E-state index contributed by atoms with van der Waals surface area (Å²) in [5, 5.41) is 14.8. The molecule has 1 atom stereocenters. The summed E-state index contributed by atoms with van der Waals surface area (Å²) in [6.07, 6.45) is -4.60. The summed E-state index contributed by atoms with van der Waals surface area (Å²) in [4.78, 5) is 24.7. The van der Waals surface area contributed by atoms with Gasteiger partial charge in [-0.25, -0.2) is 0 Å². The number of halogens is 4. The highest BCUT2D eigenvalue weighted by Crippen LogP contribution is 2.38. The Morgan fingerprint density at radius 3 is 2.62 bits per heavy atom. The highest BCUT2D eigenvalue weighted by Gasteiger charge is 2.34. The molecular weight excluding hydrogens is 535 g/mol. The van der Waals surface area contributed by atoms with Gasteiger partial charge < -0.3 is 15.4 Å². The van der Waals surface area contributed by atoms with E-state index in [1.807, 2.05) is 6.92 Å². The van der Waals surface area contributed by atoms with Crippen LogP contribution in [0.3, 0.4) is 0 Å². The maximum absolute atomic E-state index is 13.3. The molecule has 0 fully saturated rings. The summed E-state index contributed by atoms with van der Waals surface area (Å²) in [5.74, 6) is -1.19. The summed E-state index contributed by atoms with van der Waals surface area (Å²) in [5.41, 5.74) is -0.349. The zero-order valence-electron chi connectivity index (χ0n) is 17.8. The molecule has 0 saturated heterocycles. The molecule has 2 amide bonds. The van der Waals surface area contributed by atoms with Gasteiger partial charge in [-0.3, -0.25) is 9.59 Å². The number of nitrogens with zero attached hydrogens (tertiary/aromatic N) is 1. The molecule has 6 nitrogen and oxygen atoms in total. The normalized spacial score (nSPS) is 16.0. The molecule has 0 spiro atoms. The van der Waals surface area contributed by atoms with Crippen LogP contribution in [-0.2, 0) is 15.8 Å². The van der Waals surface area contributed by atoms with Crippen LogP contribution in [0.4, 0.5) is 18.9 Å². The number of benzene rings is 2. The Kier molecular flexibility index (Phi) is 8.28. The van der Waals surface area contributed by atoms with Gasteiger partial charge in [-0.2, -0.15) is 18.4 Å². The zero-order valence-corrected chi connectivity index (χ0v) is 20.2. The van der Waals surface area contributed by atoms with Gasteiger partial charge >= 0.3 is 6.18 Å². The molecule has 1 aliphatic heterocycles. The van der Waals surface area contributed by atoms with Gasteiger partial charge in [0.05, 0.1) is 40.3 Å². The number of nitriles is 1. The first kappa shape index (κ1) is 25.6. The molecule has 2 aromatic rings. The molecule has 178 valence electrons. The summed E-state index contributed by atoms with van der Waals surface area (Å²) in [7, 11) is 0. The number of carbonyl (C=O) groups is 2. The molecule has 0 unspecified atom stereocenters. The minimum absolute atomic E-state index is 0.0565. The van der Waals surface area contributed by atoms with Crippen molar-refractivity contribution in [2.75, 3.05) is 17.7 Å². The number of amides is 2. The van der Waals surface area contributed by atoms with Crippen LogP contribution in [0.5, 0.6) is 5.75 Å². The first-order valence-electron chi connectivity index (χ1n) is 10.1. The minimum Gasteiger partial charge on any atom is -0.494 e. The van der Waals surface area contributed by atoms with E-state index in [1.165, 1.54) is 6.07 Å². The Labute approximate surface area is 206 Å². The fourth-order valence-electron chi connectivity index (χ4n) is 3.36. The fraction of sp³-hybridized carbons (Fsp3) is 0.261. The van der Waals surface area contributed by atoms with E-state index in [0.717, 1.165) is 29.5 Å². The van der Waals surface area contributed by atoms with Gasteiger partial charge in [0.2, 0.25) is 11.8 Å². The summed E-state index contributed by atoms with van der Waals surface area (Å²) in [6, 6.07) is 12.5. The number of alkyl halides is 3. The second-order valence-electron chi connectivity index (χ2n) is 7.19. The number of allylic oxidation sites excluding steroid dienone is 1. The number of ether oxygens (including phenoxy) is 1. The number of hydrogen-bond acceptors (Lipinski definition) is 5. The van der Waals surface area contributed by atoms with Crippen molar-refractivity contribution in [2.24, 2.45) is 0 Å². The van der Waals surface area contributed by atoms with Gasteiger partial charge in [-0.15, -0.1) is 0 Å². The molecule has 0 radical (unpaired) electrons. The van der Waals surface area contributed by atoms with Gasteiger partial charge in [0.15, 0.2) is 0 Å². The predicted octanol–water partition coefficient (Wildman–Crippen LogP) is 5.58. The first-order chi connectivity index (χ1) is 16.1. The Morgan fingerprint density at radius 2 is 2.00 bits per heavy atom. The van der Waals surface area contributed by atoms with Gasteiger partial charge in [-0.1, -0.05) is 39.8 Å². The van der Waals surface area contributed by atoms with Gasteiger partial charge in [0, 0.05) is 16.8 Å². The number of rotatable bonds is 7. The van der Waals surface area contributed by atoms with Gasteiger partial charge in [-0.05, 0) is 42.8 Å². The van der Waals surface area contributed by atoms with Crippen molar-refractivity contribution in [1.29, 1.82) is 5.26 Å². The van der Waals surface area contributed by atoms with Crippen LogP contribution in [-0.4, -0.2) is 24.2 Å². The molecule has 1 heterocycles. The van der Waals surface area contributed by atoms with E-state index < -0.39 is 23.6 Å². The molecule has 3 rings (SSSR count). The molecule has 0 saturated carbocycles. The molecule has 0 aromatic heterocycles. The van der Waals surface area contributed by atoms with Crippen LogP contribution in [0.15, 0.2) is 57.5 Å². The van der Waals surface area contributed by atoms with Crippen molar-refractivity contribution in [1.82, 2.24) is 5.32 Å². The van der Waals surface area contributed by atoms with Crippen LogP contribution in [0.1, 0.15) is 30.4 Å². The lowest BCUT2D eigenvalue weighted by atomic mass is 9.87. The minimum atomic E-state index is -4.65. The van der Waals surface area contributed by atoms with E-state index in [4.69, 9.17) is 4.74 Å². The Balaban J connectivity index is 1.77. The van der Waals surface area contributed by atoms with Crippen molar-refractivity contribution >= 4 is 45.2 Å². The van der Waals surface area contributed by atoms with Gasteiger partial charge in [0.25, 0.3) is 0 Å². The summed E-state index contributed by atoms with van der Waals surface area (Å²) >= 11 is 3.88. The lowest BCUT2D eigenvalue weighted by Gasteiger charge is -2.25. The predicted molar refractivity (Wildman–Crippen MR) is 126 cm³/mol. The van der Waals surface area contributed by atoms with E-state index in [0.29, 0.717) is 12.4 Å². The van der Waals surface area contributed by atoms with Crippen LogP contribution >= 0.6 is 27.7 Å². The van der Waals surface area contributed by atoms with E-state index in [9.17, 15) is 28.0 Å². The third-order valence-electron chi connectivity index (χ3n) is 4.86. The largest absolute Gasteiger partial charge is 0.494 e. The molecule has 0 aliphatic carbocycles. The van der Waals surface area contributed by atoms with Crippen LogP contribution in [0, 0.1) is 11.3 Å². The summed E-state index contributed by atoms with van der Waals surface area (Å²) in [6.45, 7) is 2.36. The Hall–Kier alpha value is -2.97. The summed E-state index contributed by atoms with van der Waals surface area (Å²) < 4.78 is 45.5. The monoisotopic (exact) mass is 553 g/mol. The van der Waals surface area contributed by atoms with E-state index in [1.54, 1.807) is 24.3 Å². The van der Waals surface area contributed by atoms with Crippen LogP contribution in [0.25, 0.3) is 0 Å². The number of thioether (sulfide) groups is 1. The van der Waals surface area contributed by atoms with Crippen molar-refractivity contribution in [3.8, 4) is 11.8 Å². The highest BCUT2D eigenvalue weighted by atomic mass is 79.9.